The molecule has 0 radical (unpaired) electrons. The summed E-state index contributed by atoms with van der Waals surface area (Å²) < 4.78 is 40.0. The number of nitrogens with two attached hydrogens (primary N) is 2. The minimum absolute atomic E-state index is 0.0453. The number of hydrogen-bond donors (Lipinski definition) is 5. The highest BCUT2D eigenvalue weighted by molar-refractivity contribution is 5.99. The molecular weight excluding hydrogens is 585 g/mol. The van der Waals surface area contributed by atoms with Gasteiger partial charge in [0.25, 0.3) is 0 Å². The molecule has 3 unspecified atom stereocenters. The van der Waals surface area contributed by atoms with Crippen LogP contribution >= 0.6 is 0 Å². The molecule has 0 aliphatic carbocycles. The van der Waals surface area contributed by atoms with Gasteiger partial charge in [0.2, 0.25) is 11.8 Å². The third kappa shape index (κ3) is 11.2. The van der Waals surface area contributed by atoms with E-state index in [0.717, 1.165) is 42.7 Å². The number of fused-ring (bicyclic) bond motifs is 1. The van der Waals surface area contributed by atoms with Crippen LogP contribution in [-0.4, -0.2) is 79.5 Å². The molecule has 1 aromatic heterocycles. The van der Waals surface area contributed by atoms with Crippen LogP contribution in [-0.2, 0) is 22.2 Å². The van der Waals surface area contributed by atoms with E-state index < -0.39 is 35.6 Å². The minimum Gasteiger partial charge on any atom is -0.390 e. The maximum absolute atomic E-state index is 13.4. The number of benzene rings is 2. The molecule has 45 heavy (non-hydrogen) atoms. The Kier molecular flexibility index (Phi) is 12.9. The number of carbonyl (C=O) groups is 2. The van der Waals surface area contributed by atoms with Crippen LogP contribution in [0.2, 0.25) is 0 Å². The Bertz CT molecular complexity index is 1450. The molecule has 1 heterocycles. The summed E-state index contributed by atoms with van der Waals surface area (Å²) in [5, 5.41) is 9.40. The predicted molar refractivity (Wildman–Crippen MR) is 171 cm³/mol. The highest BCUT2D eigenvalue weighted by atomic mass is 19.4. The van der Waals surface area contributed by atoms with Gasteiger partial charge in [0.05, 0.1) is 75.1 Å². The molecule has 3 rings (SSSR count). The second kappa shape index (κ2) is 16.5. The number of rotatable bonds is 17. The highest BCUT2D eigenvalue weighted by Crippen LogP contribution is 2.29. The number of amides is 2. The van der Waals surface area contributed by atoms with E-state index in [-0.39, 0.29) is 6.42 Å². The topological polar surface area (TPSA) is 148 Å². The third-order valence-corrected chi connectivity index (χ3v) is 7.58. The quantitative estimate of drug-likeness (QED) is 0.0672. The number of hydrogen-bond acceptors (Lipinski definition) is 6. The number of likely N-dealkylation sites (N-methyl/N-ethyl adjacent to an activating group) is 1. The van der Waals surface area contributed by atoms with E-state index >= 15 is 0 Å². The number of nitrogens with one attached hydrogen (secondary N) is 3. The Balaban J connectivity index is 1.69. The first-order valence-electron chi connectivity index (χ1n) is 14.7. The normalized spacial score (nSPS) is 14.4. The van der Waals surface area contributed by atoms with Crippen molar-refractivity contribution in [3.8, 4) is 0 Å². The number of halogens is 3. The first-order chi connectivity index (χ1) is 21.4. The minimum atomic E-state index is -4.49. The molecule has 0 aliphatic rings. The van der Waals surface area contributed by atoms with Gasteiger partial charge >= 0.3 is 6.18 Å². The van der Waals surface area contributed by atoms with Crippen LogP contribution in [0.4, 0.5) is 18.9 Å². The Morgan fingerprint density at radius 1 is 1.09 bits per heavy atom. The van der Waals surface area contributed by atoms with Gasteiger partial charge in [0.15, 0.2) is 0 Å². The van der Waals surface area contributed by atoms with Crippen LogP contribution in [0.5, 0.6) is 0 Å². The molecule has 2 amide bonds. The summed E-state index contributed by atoms with van der Waals surface area (Å²) in [5.41, 5.74) is 12.4. The molecule has 0 fully saturated rings. The van der Waals surface area contributed by atoms with Gasteiger partial charge in [-0.2, -0.15) is 13.2 Å². The molecule has 3 atom stereocenters. The van der Waals surface area contributed by atoms with Crippen LogP contribution in [0.25, 0.3) is 10.9 Å². The van der Waals surface area contributed by atoms with Gasteiger partial charge < -0.3 is 31.9 Å². The number of quaternary nitrogens is 1. The molecule has 13 heteroatoms. The highest BCUT2D eigenvalue weighted by Gasteiger charge is 2.31. The second-order valence-corrected chi connectivity index (χ2v) is 11.1. The zero-order valence-corrected chi connectivity index (χ0v) is 25.4. The molecule has 0 bridgehead atoms. The Morgan fingerprint density at radius 3 is 2.51 bits per heavy atom. The van der Waals surface area contributed by atoms with Gasteiger partial charge in [-0.25, -0.2) is 0 Å². The number of aliphatic imine (C=N–C) groups is 1. The van der Waals surface area contributed by atoms with Crippen LogP contribution in [0.15, 0.2) is 78.6 Å². The van der Waals surface area contributed by atoms with E-state index in [1.54, 1.807) is 12.3 Å². The molecule has 7 N–H and O–H groups in total. The van der Waals surface area contributed by atoms with Crippen molar-refractivity contribution in [1.29, 1.82) is 0 Å². The summed E-state index contributed by atoms with van der Waals surface area (Å²) in [6.07, 6.45) is 0.866. The fraction of sp³-hybridized carbons (Fsp3) is 0.375. The predicted octanol–water partition coefficient (Wildman–Crippen LogP) is 3.19. The van der Waals surface area contributed by atoms with Gasteiger partial charge in [0.1, 0.15) is 6.04 Å². The Morgan fingerprint density at radius 2 is 1.82 bits per heavy atom. The zero-order chi connectivity index (χ0) is 32.9. The van der Waals surface area contributed by atoms with E-state index in [9.17, 15) is 22.8 Å². The summed E-state index contributed by atoms with van der Waals surface area (Å²) in [6.45, 7) is 7.21. The first-order valence-corrected chi connectivity index (χ1v) is 14.7. The van der Waals surface area contributed by atoms with E-state index in [1.165, 1.54) is 24.7 Å². The maximum atomic E-state index is 13.4. The molecule has 0 aliphatic heterocycles. The molecule has 242 valence electrons. The summed E-state index contributed by atoms with van der Waals surface area (Å²) in [5.74, 6) is -1.08. The lowest BCUT2D eigenvalue weighted by atomic mass is 10.0. The summed E-state index contributed by atoms with van der Waals surface area (Å²) >= 11 is 0. The first kappa shape index (κ1) is 35.0. The van der Waals surface area contributed by atoms with Crippen molar-refractivity contribution in [2.45, 2.75) is 37.5 Å². The smallest absolute Gasteiger partial charge is 0.390 e. The average molecular weight is 628 g/mol. The summed E-state index contributed by atoms with van der Waals surface area (Å²) in [4.78, 5) is 35.1. The van der Waals surface area contributed by atoms with E-state index in [2.05, 4.69) is 39.6 Å². The van der Waals surface area contributed by atoms with Crippen LogP contribution in [0.1, 0.15) is 24.0 Å². The van der Waals surface area contributed by atoms with Gasteiger partial charge in [-0.15, -0.1) is 0 Å². The van der Waals surface area contributed by atoms with Gasteiger partial charge in [0, 0.05) is 11.8 Å². The Labute approximate surface area is 261 Å². The average Bonchev–Trinajstić information content (AvgIpc) is 3.00. The van der Waals surface area contributed by atoms with Crippen molar-refractivity contribution in [3.63, 3.8) is 0 Å². The molecule has 0 spiro atoms. The zero-order valence-electron chi connectivity index (χ0n) is 25.4. The SMILES string of the molecule is C=CNCC[N+](C)(CCCC(N)C(=O)NC(Cc1ccc(C(F)(F)F)cc1)C(=O)Nc1cnc2ccccc2c1)CCN=CN. The fourth-order valence-corrected chi connectivity index (χ4v) is 4.89. The van der Waals surface area contributed by atoms with E-state index in [1.807, 2.05) is 24.3 Å². The third-order valence-electron chi connectivity index (χ3n) is 7.58. The van der Waals surface area contributed by atoms with Crippen molar-refractivity contribution in [1.82, 2.24) is 15.6 Å². The van der Waals surface area contributed by atoms with Crippen molar-refractivity contribution in [3.05, 3.63) is 84.7 Å². The number of aromatic nitrogens is 1. The van der Waals surface area contributed by atoms with Crippen molar-refractivity contribution < 1.29 is 27.2 Å². The largest absolute Gasteiger partial charge is 0.416 e. The second-order valence-electron chi connectivity index (χ2n) is 11.1. The van der Waals surface area contributed by atoms with E-state index in [0.29, 0.717) is 41.7 Å². The summed E-state index contributed by atoms with van der Waals surface area (Å²) in [7, 11) is 2.09. The molecular formula is C32H42F3N8O2+. The molecule has 3 aromatic rings. The number of para-hydroxylation sites is 1. The lowest BCUT2D eigenvalue weighted by Gasteiger charge is -2.34. The summed E-state index contributed by atoms with van der Waals surface area (Å²) in [6, 6.07) is 11.6. The number of alkyl halides is 3. The standard InChI is InChI=1S/C32H41F3N8O2/c1-3-38-14-17-43(2,18-15-39-22-36)16-6-8-27(37)30(44)42-29(19-23-10-12-25(13-11-23)32(33,34)35)31(45)41-26-20-24-7-4-5-9-28(24)40-21-26/h3-5,7,9-13,20-22,27,29,38H,1,6,8,14-19,37H2,2H3,(H3-,36,39,41,42,44,45)/p+1. The number of anilines is 1. The van der Waals surface area contributed by atoms with Crippen molar-refractivity contribution in [2.75, 3.05) is 45.1 Å². The molecule has 10 nitrogen and oxygen atoms in total. The van der Waals surface area contributed by atoms with E-state index in [4.69, 9.17) is 11.5 Å². The number of pyridine rings is 1. The lowest BCUT2D eigenvalue weighted by Crippen LogP contribution is -2.52. The molecule has 0 saturated heterocycles. The fourth-order valence-electron chi connectivity index (χ4n) is 4.89. The lowest BCUT2D eigenvalue weighted by molar-refractivity contribution is -0.907. The number of nitrogens with zero attached hydrogens (tertiary/aromatic N) is 3. The van der Waals surface area contributed by atoms with Gasteiger partial charge in [-0.05, 0) is 48.9 Å². The molecule has 0 saturated carbocycles. The van der Waals surface area contributed by atoms with Crippen LogP contribution in [0.3, 0.4) is 0 Å². The van der Waals surface area contributed by atoms with Crippen LogP contribution < -0.4 is 27.4 Å². The van der Waals surface area contributed by atoms with Gasteiger partial charge in [-0.3, -0.25) is 19.6 Å². The molecule has 2 aromatic carbocycles. The van der Waals surface area contributed by atoms with Crippen molar-refractivity contribution >= 4 is 34.7 Å². The number of carbonyl (C=O) groups excluding carboxylic acids is 2. The Hall–Kier alpha value is -4.49. The maximum Gasteiger partial charge on any atom is 0.416 e. The van der Waals surface area contributed by atoms with Gasteiger partial charge in [-0.1, -0.05) is 36.9 Å². The monoisotopic (exact) mass is 627 g/mol. The van der Waals surface area contributed by atoms with Crippen molar-refractivity contribution in [2.24, 2.45) is 16.5 Å². The van der Waals surface area contributed by atoms with Crippen LogP contribution in [0, 0.1) is 0 Å².